The lowest BCUT2D eigenvalue weighted by Crippen LogP contribution is -2.59. The Morgan fingerprint density at radius 2 is 1.33 bits per heavy atom. The van der Waals surface area contributed by atoms with Gasteiger partial charge in [0, 0.05) is 6.42 Å². The number of rotatable bonds is 14. The van der Waals surface area contributed by atoms with Gasteiger partial charge in [0.25, 0.3) is 0 Å². The summed E-state index contributed by atoms with van der Waals surface area (Å²) >= 11 is 0. The molecule has 36 heavy (non-hydrogen) atoms. The van der Waals surface area contributed by atoms with Crippen LogP contribution in [0.2, 0.25) is 0 Å². The average Bonchev–Trinajstić information content (AvgIpc) is 2.78. The first-order valence-corrected chi connectivity index (χ1v) is 11.6. The quantitative estimate of drug-likeness (QED) is 0.180. The lowest BCUT2D eigenvalue weighted by atomic mass is 10.00. The maximum absolute atomic E-state index is 13.0. The molecule has 3 amide bonds. The van der Waals surface area contributed by atoms with Crippen molar-refractivity contribution in [1.29, 1.82) is 0 Å². The normalized spacial score (nSPS) is 14.4. The Balaban J connectivity index is 2.95. The van der Waals surface area contributed by atoms with Gasteiger partial charge >= 0.3 is 11.9 Å². The van der Waals surface area contributed by atoms with Crippen molar-refractivity contribution in [2.45, 2.75) is 71.1 Å². The molecule has 1 aromatic rings. The van der Waals surface area contributed by atoms with Crippen molar-refractivity contribution in [3.63, 3.8) is 0 Å². The third-order valence-electron chi connectivity index (χ3n) is 5.49. The molecule has 0 bridgehead atoms. The van der Waals surface area contributed by atoms with Crippen molar-refractivity contribution in [2.24, 2.45) is 17.6 Å². The first kappa shape index (κ1) is 30.4. The molecule has 0 saturated carbocycles. The van der Waals surface area contributed by atoms with Crippen molar-refractivity contribution in [3.8, 4) is 5.75 Å². The minimum absolute atomic E-state index is 0.0675. The fraction of sp³-hybridized carbons (Fsp3) is 0.542. The van der Waals surface area contributed by atoms with E-state index in [-0.39, 0.29) is 18.6 Å². The van der Waals surface area contributed by atoms with Gasteiger partial charge in [0.1, 0.15) is 23.9 Å². The smallest absolute Gasteiger partial charge is 0.326 e. The van der Waals surface area contributed by atoms with Crippen LogP contribution in [0.4, 0.5) is 0 Å². The number of carbonyl (C=O) groups is 5. The Morgan fingerprint density at radius 3 is 1.81 bits per heavy atom. The number of phenolic OH excluding ortho intramolecular Hbond substituents is 1. The monoisotopic (exact) mass is 508 g/mol. The maximum atomic E-state index is 13.0. The van der Waals surface area contributed by atoms with Crippen LogP contribution in [0.1, 0.15) is 46.1 Å². The number of hydrogen-bond acceptors (Lipinski definition) is 7. The SMILES string of the molecule is CC(C)C(NC(=O)C(CCC(=O)O)NC(=O)C(NC(=O)C(N)Cc1ccc(O)cc1)C(C)C)C(=O)O. The van der Waals surface area contributed by atoms with Crippen molar-refractivity contribution in [2.75, 3.05) is 0 Å². The summed E-state index contributed by atoms with van der Waals surface area (Å²) in [4.78, 5) is 61.0. The number of carboxylic acids is 2. The molecule has 0 spiro atoms. The number of nitrogens with one attached hydrogen (secondary N) is 3. The van der Waals surface area contributed by atoms with E-state index in [4.69, 9.17) is 10.8 Å². The highest BCUT2D eigenvalue weighted by atomic mass is 16.4. The van der Waals surface area contributed by atoms with Gasteiger partial charge in [-0.3, -0.25) is 19.2 Å². The van der Waals surface area contributed by atoms with Crippen LogP contribution in [0.3, 0.4) is 0 Å². The Hall–Kier alpha value is -3.67. The summed E-state index contributed by atoms with van der Waals surface area (Å²) in [7, 11) is 0. The summed E-state index contributed by atoms with van der Waals surface area (Å²) in [6, 6.07) is 1.48. The maximum Gasteiger partial charge on any atom is 0.326 e. The van der Waals surface area contributed by atoms with E-state index in [1.165, 1.54) is 12.1 Å². The minimum Gasteiger partial charge on any atom is -0.508 e. The molecule has 0 fully saturated rings. The van der Waals surface area contributed by atoms with E-state index in [9.17, 15) is 34.2 Å². The molecule has 0 aromatic heterocycles. The number of hydrogen-bond donors (Lipinski definition) is 7. The van der Waals surface area contributed by atoms with Gasteiger partial charge < -0.3 is 37.0 Å². The van der Waals surface area contributed by atoms with Crippen LogP contribution in [0.25, 0.3) is 0 Å². The largest absolute Gasteiger partial charge is 0.508 e. The Kier molecular flexibility index (Phi) is 11.8. The zero-order valence-corrected chi connectivity index (χ0v) is 20.9. The number of benzene rings is 1. The summed E-state index contributed by atoms with van der Waals surface area (Å²) in [6.07, 6.45) is -0.585. The second-order valence-corrected chi connectivity index (χ2v) is 9.27. The van der Waals surface area contributed by atoms with Crippen LogP contribution >= 0.6 is 0 Å². The van der Waals surface area contributed by atoms with Crippen molar-refractivity contribution in [1.82, 2.24) is 16.0 Å². The summed E-state index contributed by atoms with van der Waals surface area (Å²) < 4.78 is 0. The molecule has 4 unspecified atom stereocenters. The number of phenols is 1. The Bertz CT molecular complexity index is 933. The second-order valence-electron chi connectivity index (χ2n) is 9.27. The van der Waals surface area contributed by atoms with E-state index in [0.717, 1.165) is 0 Å². The van der Waals surface area contributed by atoms with E-state index < -0.39 is 72.1 Å². The lowest BCUT2D eigenvalue weighted by Gasteiger charge is -2.27. The third-order valence-corrected chi connectivity index (χ3v) is 5.49. The number of amides is 3. The van der Waals surface area contributed by atoms with Gasteiger partial charge in [0.2, 0.25) is 17.7 Å². The molecule has 0 radical (unpaired) electrons. The van der Waals surface area contributed by atoms with Gasteiger partial charge in [0.15, 0.2) is 0 Å². The first-order valence-electron chi connectivity index (χ1n) is 11.6. The number of nitrogens with two attached hydrogens (primary N) is 1. The molecule has 0 aliphatic carbocycles. The highest BCUT2D eigenvalue weighted by Crippen LogP contribution is 2.12. The van der Waals surface area contributed by atoms with Crippen molar-refractivity contribution >= 4 is 29.7 Å². The summed E-state index contributed by atoms with van der Waals surface area (Å²) in [5, 5.41) is 35.1. The van der Waals surface area contributed by atoms with Crippen LogP contribution in [-0.2, 0) is 30.4 Å². The van der Waals surface area contributed by atoms with Crippen LogP contribution in [-0.4, -0.2) is 69.1 Å². The first-order chi connectivity index (χ1) is 16.7. The topological polar surface area (TPSA) is 208 Å². The molecule has 4 atom stereocenters. The predicted molar refractivity (Wildman–Crippen MR) is 130 cm³/mol. The molecule has 12 heteroatoms. The zero-order valence-electron chi connectivity index (χ0n) is 20.9. The lowest BCUT2D eigenvalue weighted by molar-refractivity contribution is -0.144. The zero-order chi connectivity index (χ0) is 27.6. The van der Waals surface area contributed by atoms with E-state index >= 15 is 0 Å². The summed E-state index contributed by atoms with van der Waals surface area (Å²) in [5.74, 6) is -5.47. The fourth-order valence-corrected chi connectivity index (χ4v) is 3.34. The highest BCUT2D eigenvalue weighted by molar-refractivity contribution is 5.94. The number of aromatic hydroxyl groups is 1. The molecule has 1 rings (SSSR count). The summed E-state index contributed by atoms with van der Waals surface area (Å²) in [5.41, 5.74) is 6.69. The van der Waals surface area contributed by atoms with Crippen molar-refractivity contribution < 1.29 is 39.3 Å². The molecule has 1 aromatic carbocycles. The molecule has 12 nitrogen and oxygen atoms in total. The number of carbonyl (C=O) groups excluding carboxylic acids is 3. The van der Waals surface area contributed by atoms with E-state index in [2.05, 4.69) is 16.0 Å². The van der Waals surface area contributed by atoms with E-state index in [1.807, 2.05) is 0 Å². The van der Waals surface area contributed by atoms with E-state index in [1.54, 1.807) is 39.8 Å². The van der Waals surface area contributed by atoms with Gasteiger partial charge in [-0.05, 0) is 42.4 Å². The molecular weight excluding hydrogens is 472 g/mol. The summed E-state index contributed by atoms with van der Waals surface area (Å²) in [6.45, 7) is 6.52. The highest BCUT2D eigenvalue weighted by Gasteiger charge is 2.32. The third kappa shape index (κ3) is 9.90. The van der Waals surface area contributed by atoms with Crippen LogP contribution in [0.5, 0.6) is 5.75 Å². The van der Waals surface area contributed by atoms with Gasteiger partial charge in [-0.25, -0.2) is 4.79 Å². The molecular formula is C24H36N4O8. The molecule has 0 aliphatic rings. The molecule has 8 N–H and O–H groups in total. The van der Waals surface area contributed by atoms with Crippen molar-refractivity contribution in [3.05, 3.63) is 29.8 Å². The van der Waals surface area contributed by atoms with Crippen LogP contribution < -0.4 is 21.7 Å². The predicted octanol–water partition coefficient (Wildman–Crippen LogP) is -0.0222. The molecule has 0 heterocycles. The fourth-order valence-electron chi connectivity index (χ4n) is 3.34. The van der Waals surface area contributed by atoms with Gasteiger partial charge in [-0.2, -0.15) is 0 Å². The van der Waals surface area contributed by atoms with E-state index in [0.29, 0.717) is 5.56 Å². The Morgan fingerprint density at radius 1 is 0.806 bits per heavy atom. The van der Waals surface area contributed by atoms with Gasteiger partial charge in [-0.1, -0.05) is 39.8 Å². The van der Waals surface area contributed by atoms with Crippen LogP contribution in [0, 0.1) is 11.8 Å². The minimum atomic E-state index is -1.34. The standard InChI is InChI=1S/C24H36N4O8/c1-12(2)19(27-21(32)16(25)11-14-5-7-15(29)8-6-14)23(34)26-17(9-10-18(30)31)22(33)28-20(13(3)4)24(35)36/h5-8,12-13,16-17,19-20,29H,9-11,25H2,1-4H3,(H,26,34)(H,27,32)(H,28,33)(H,30,31)(H,35,36). The molecule has 0 saturated heterocycles. The number of carboxylic acid groups (broad SMARTS) is 2. The number of aliphatic carboxylic acids is 2. The molecule has 200 valence electrons. The Labute approximate surface area is 209 Å². The van der Waals surface area contributed by atoms with Gasteiger partial charge in [-0.15, -0.1) is 0 Å². The average molecular weight is 509 g/mol. The second kappa shape index (κ2) is 14.0. The van der Waals surface area contributed by atoms with Crippen LogP contribution in [0.15, 0.2) is 24.3 Å². The molecule has 0 aliphatic heterocycles. The van der Waals surface area contributed by atoms with Gasteiger partial charge in [0.05, 0.1) is 6.04 Å².